The quantitative estimate of drug-likeness (QED) is 0.845. The number of benzene rings is 1. The van der Waals surface area contributed by atoms with Crippen LogP contribution in [0, 0.1) is 5.92 Å². The number of nitrogens with zero attached hydrogens (tertiary/aromatic N) is 1. The minimum Gasteiger partial charge on any atom is -0.478 e. The number of halogens is 1. The van der Waals surface area contributed by atoms with Gasteiger partial charge < -0.3 is 15.3 Å². The molecule has 0 atom stereocenters. The number of carboxylic acids is 1. The second-order valence-electron chi connectivity index (χ2n) is 5.03. The van der Waals surface area contributed by atoms with Gasteiger partial charge in [-0.15, -0.1) is 0 Å². The highest BCUT2D eigenvalue weighted by molar-refractivity contribution is 6.33. The highest BCUT2D eigenvalue weighted by Crippen LogP contribution is 2.25. The highest BCUT2D eigenvalue weighted by atomic mass is 35.5. The van der Waals surface area contributed by atoms with Crippen LogP contribution in [0.1, 0.15) is 24.2 Å². The molecule has 1 aromatic rings. The third-order valence-electron chi connectivity index (χ3n) is 2.69. The Bertz CT molecular complexity index is 503. The fourth-order valence-electron chi connectivity index (χ4n) is 1.62. The molecule has 1 amide bonds. The Morgan fingerprint density at radius 1 is 1.40 bits per heavy atom. The molecule has 0 saturated heterocycles. The van der Waals surface area contributed by atoms with Gasteiger partial charge in [0, 0.05) is 13.6 Å². The van der Waals surface area contributed by atoms with E-state index in [9.17, 15) is 9.59 Å². The predicted octanol–water partition coefficient (Wildman–Crippen LogP) is 2.25. The summed E-state index contributed by atoms with van der Waals surface area (Å²) in [5, 5.41) is 12.0. The monoisotopic (exact) mass is 298 g/mol. The Balaban J connectivity index is 2.70. The summed E-state index contributed by atoms with van der Waals surface area (Å²) < 4.78 is 0. The zero-order valence-electron chi connectivity index (χ0n) is 11.8. The van der Waals surface area contributed by atoms with Crippen LogP contribution in [0.3, 0.4) is 0 Å². The summed E-state index contributed by atoms with van der Waals surface area (Å²) in [6.45, 7) is 4.83. The molecule has 0 heterocycles. The van der Waals surface area contributed by atoms with E-state index in [1.54, 1.807) is 18.0 Å². The molecule has 0 aromatic heterocycles. The van der Waals surface area contributed by atoms with Crippen LogP contribution in [0.4, 0.5) is 5.69 Å². The van der Waals surface area contributed by atoms with Crippen LogP contribution in [0.2, 0.25) is 5.02 Å². The molecule has 2 N–H and O–H groups in total. The van der Waals surface area contributed by atoms with E-state index in [0.717, 1.165) is 0 Å². The van der Waals surface area contributed by atoms with Gasteiger partial charge in [-0.05, 0) is 24.1 Å². The Labute approximate surface area is 123 Å². The lowest BCUT2D eigenvalue weighted by Crippen LogP contribution is -2.36. The summed E-state index contributed by atoms with van der Waals surface area (Å²) in [7, 11) is 1.73. The Morgan fingerprint density at radius 2 is 2.05 bits per heavy atom. The lowest BCUT2D eigenvalue weighted by atomic mass is 10.2. The first-order valence-corrected chi connectivity index (χ1v) is 6.69. The molecule has 5 nitrogen and oxygen atoms in total. The van der Waals surface area contributed by atoms with Gasteiger partial charge in [0.05, 0.1) is 22.8 Å². The fraction of sp³-hybridized carbons (Fsp3) is 0.429. The second-order valence-corrected chi connectivity index (χ2v) is 5.43. The SMILES string of the molecule is CC(C)CNC(=O)CN(C)c1ccc(C(=O)O)cc1Cl. The van der Waals surface area contributed by atoms with E-state index in [1.165, 1.54) is 12.1 Å². The van der Waals surface area contributed by atoms with Crippen molar-refractivity contribution in [2.24, 2.45) is 5.92 Å². The van der Waals surface area contributed by atoms with Crippen LogP contribution in [-0.4, -0.2) is 37.1 Å². The van der Waals surface area contributed by atoms with Crippen LogP contribution in [0.5, 0.6) is 0 Å². The van der Waals surface area contributed by atoms with Crippen molar-refractivity contribution in [3.63, 3.8) is 0 Å². The fourth-order valence-corrected chi connectivity index (χ4v) is 1.95. The van der Waals surface area contributed by atoms with Gasteiger partial charge >= 0.3 is 5.97 Å². The summed E-state index contributed by atoms with van der Waals surface area (Å²) >= 11 is 6.04. The molecule has 0 unspecified atom stereocenters. The number of anilines is 1. The maximum Gasteiger partial charge on any atom is 0.335 e. The van der Waals surface area contributed by atoms with Gasteiger partial charge in [0.25, 0.3) is 0 Å². The average molecular weight is 299 g/mol. The van der Waals surface area contributed by atoms with Crippen molar-refractivity contribution in [1.29, 1.82) is 0 Å². The molecule has 0 saturated carbocycles. The van der Waals surface area contributed by atoms with Gasteiger partial charge in [0.15, 0.2) is 0 Å². The van der Waals surface area contributed by atoms with Crippen LogP contribution < -0.4 is 10.2 Å². The minimum atomic E-state index is -1.03. The van der Waals surface area contributed by atoms with Crippen molar-refractivity contribution in [3.05, 3.63) is 28.8 Å². The normalized spacial score (nSPS) is 10.4. The molecular weight excluding hydrogens is 280 g/mol. The molecule has 0 aliphatic rings. The molecule has 110 valence electrons. The third-order valence-corrected chi connectivity index (χ3v) is 3.00. The molecule has 0 aliphatic carbocycles. The zero-order chi connectivity index (χ0) is 15.3. The zero-order valence-corrected chi connectivity index (χ0v) is 12.6. The Kier molecular flexibility index (Phi) is 5.82. The molecule has 0 aliphatic heterocycles. The summed E-state index contributed by atoms with van der Waals surface area (Å²) in [5.41, 5.74) is 0.743. The van der Waals surface area contributed by atoms with Crippen LogP contribution in [-0.2, 0) is 4.79 Å². The maximum atomic E-state index is 11.7. The summed E-state index contributed by atoms with van der Waals surface area (Å²) in [6, 6.07) is 4.44. The topological polar surface area (TPSA) is 69.6 Å². The lowest BCUT2D eigenvalue weighted by Gasteiger charge is -2.20. The predicted molar refractivity (Wildman–Crippen MR) is 79.5 cm³/mol. The molecular formula is C14H19ClN2O3. The highest BCUT2D eigenvalue weighted by Gasteiger charge is 2.13. The van der Waals surface area contributed by atoms with E-state index in [4.69, 9.17) is 16.7 Å². The van der Waals surface area contributed by atoms with Gasteiger partial charge in [-0.3, -0.25) is 4.79 Å². The van der Waals surface area contributed by atoms with Crippen molar-refractivity contribution in [2.45, 2.75) is 13.8 Å². The number of aromatic carboxylic acids is 1. The van der Waals surface area contributed by atoms with Crippen LogP contribution in [0.15, 0.2) is 18.2 Å². The largest absolute Gasteiger partial charge is 0.478 e. The molecule has 6 heteroatoms. The third kappa shape index (κ3) is 4.74. The number of carbonyl (C=O) groups is 2. The van der Waals surface area contributed by atoms with Gasteiger partial charge in [-0.1, -0.05) is 25.4 Å². The average Bonchev–Trinajstić information content (AvgIpc) is 2.35. The lowest BCUT2D eigenvalue weighted by molar-refractivity contribution is -0.119. The van der Waals surface area contributed by atoms with E-state index in [-0.39, 0.29) is 18.0 Å². The van der Waals surface area contributed by atoms with E-state index >= 15 is 0 Å². The molecule has 0 fully saturated rings. The van der Waals surface area contributed by atoms with Crippen molar-refractivity contribution in [3.8, 4) is 0 Å². The van der Waals surface area contributed by atoms with Crippen molar-refractivity contribution < 1.29 is 14.7 Å². The first-order valence-electron chi connectivity index (χ1n) is 6.32. The Hall–Kier alpha value is -1.75. The minimum absolute atomic E-state index is 0.0976. The number of amides is 1. The number of hydrogen-bond acceptors (Lipinski definition) is 3. The smallest absolute Gasteiger partial charge is 0.335 e. The van der Waals surface area contributed by atoms with Crippen molar-refractivity contribution in [1.82, 2.24) is 5.32 Å². The summed E-state index contributed by atoms with van der Waals surface area (Å²) in [5.74, 6) is -0.738. The van der Waals surface area contributed by atoms with Gasteiger partial charge in [-0.2, -0.15) is 0 Å². The Morgan fingerprint density at radius 3 is 2.55 bits per heavy atom. The second kappa shape index (κ2) is 7.14. The molecule has 0 radical (unpaired) electrons. The molecule has 1 aromatic carbocycles. The number of carboxylic acid groups (broad SMARTS) is 1. The number of rotatable bonds is 6. The first kappa shape index (κ1) is 16.3. The molecule has 0 bridgehead atoms. The standard InChI is InChI=1S/C14H19ClN2O3/c1-9(2)7-16-13(18)8-17(3)12-5-4-10(14(19)20)6-11(12)15/h4-6,9H,7-8H2,1-3H3,(H,16,18)(H,19,20). The van der Waals surface area contributed by atoms with E-state index in [1.807, 2.05) is 13.8 Å². The maximum absolute atomic E-state index is 11.7. The first-order chi connectivity index (χ1) is 9.31. The number of carbonyl (C=O) groups excluding carboxylic acids is 1. The van der Waals surface area contributed by atoms with E-state index < -0.39 is 5.97 Å². The molecule has 1 rings (SSSR count). The van der Waals surface area contributed by atoms with E-state index in [0.29, 0.717) is 23.2 Å². The molecule has 20 heavy (non-hydrogen) atoms. The number of hydrogen-bond donors (Lipinski definition) is 2. The van der Waals surface area contributed by atoms with Crippen molar-refractivity contribution >= 4 is 29.2 Å². The van der Waals surface area contributed by atoms with Crippen LogP contribution >= 0.6 is 11.6 Å². The van der Waals surface area contributed by atoms with Crippen molar-refractivity contribution in [2.75, 3.05) is 25.0 Å². The molecule has 0 spiro atoms. The number of likely N-dealkylation sites (N-methyl/N-ethyl adjacent to an activating group) is 1. The number of nitrogens with one attached hydrogen (secondary N) is 1. The van der Waals surface area contributed by atoms with Crippen LogP contribution in [0.25, 0.3) is 0 Å². The van der Waals surface area contributed by atoms with Gasteiger partial charge in [0.1, 0.15) is 0 Å². The summed E-state index contributed by atoms with van der Waals surface area (Å²) in [6.07, 6.45) is 0. The summed E-state index contributed by atoms with van der Waals surface area (Å²) in [4.78, 5) is 24.2. The van der Waals surface area contributed by atoms with Gasteiger partial charge in [-0.25, -0.2) is 4.79 Å². The van der Waals surface area contributed by atoms with Gasteiger partial charge in [0.2, 0.25) is 5.91 Å². The van der Waals surface area contributed by atoms with E-state index in [2.05, 4.69) is 5.32 Å².